The van der Waals surface area contributed by atoms with Gasteiger partial charge < -0.3 is 15.2 Å². The van der Waals surface area contributed by atoms with Crippen molar-refractivity contribution in [3.8, 4) is 0 Å². The summed E-state index contributed by atoms with van der Waals surface area (Å²) in [5.41, 5.74) is 1.11. The molecular formula is C12H19N7. The first-order valence-corrected chi connectivity index (χ1v) is 6.16. The maximum absolute atomic E-state index is 4.18. The Kier molecular flexibility index (Phi) is 4.54. The molecule has 2 heterocycles. The van der Waals surface area contributed by atoms with Crippen LogP contribution in [0, 0.1) is 0 Å². The molecule has 0 radical (unpaired) electrons. The van der Waals surface area contributed by atoms with Crippen LogP contribution in [-0.4, -0.2) is 38.9 Å². The Morgan fingerprint density at radius 1 is 1.37 bits per heavy atom. The third-order valence-corrected chi connectivity index (χ3v) is 2.80. The smallest absolute Gasteiger partial charge is 0.191 e. The normalized spacial score (nSPS) is 11.6. The number of aliphatic imine (C=N–C) groups is 1. The predicted molar refractivity (Wildman–Crippen MR) is 73.6 cm³/mol. The largest absolute Gasteiger partial charge is 0.355 e. The molecule has 0 aliphatic carbocycles. The highest BCUT2D eigenvalue weighted by Gasteiger charge is 2.00. The summed E-state index contributed by atoms with van der Waals surface area (Å²) >= 11 is 0. The van der Waals surface area contributed by atoms with Gasteiger partial charge in [-0.2, -0.15) is 5.10 Å². The van der Waals surface area contributed by atoms with Gasteiger partial charge in [-0.1, -0.05) is 0 Å². The highest BCUT2D eigenvalue weighted by molar-refractivity contribution is 5.79. The lowest BCUT2D eigenvalue weighted by molar-refractivity contribution is 0.651. The van der Waals surface area contributed by atoms with E-state index in [0.29, 0.717) is 6.54 Å². The number of hydrogen-bond donors (Lipinski definition) is 2. The van der Waals surface area contributed by atoms with E-state index in [-0.39, 0.29) is 0 Å². The van der Waals surface area contributed by atoms with Crippen molar-refractivity contribution in [2.45, 2.75) is 13.1 Å². The first kappa shape index (κ1) is 13.1. The summed E-state index contributed by atoms with van der Waals surface area (Å²) < 4.78 is 3.85. The first-order valence-electron chi connectivity index (χ1n) is 6.16. The van der Waals surface area contributed by atoms with Gasteiger partial charge in [-0.25, -0.2) is 4.98 Å². The Morgan fingerprint density at radius 2 is 2.26 bits per heavy atom. The highest BCUT2D eigenvalue weighted by Crippen LogP contribution is 1.94. The fourth-order valence-corrected chi connectivity index (χ4v) is 1.69. The predicted octanol–water partition coefficient (Wildman–Crippen LogP) is -0.0182. The SMILES string of the molecule is CN=C(NCCn1ccnc1)NCc1ccnn1C. The second kappa shape index (κ2) is 6.58. The van der Waals surface area contributed by atoms with Crippen LogP contribution in [0.4, 0.5) is 0 Å². The fraction of sp³-hybridized carbons (Fsp3) is 0.417. The molecule has 19 heavy (non-hydrogen) atoms. The van der Waals surface area contributed by atoms with Gasteiger partial charge in [-0.3, -0.25) is 9.67 Å². The van der Waals surface area contributed by atoms with Crippen LogP contribution >= 0.6 is 0 Å². The minimum atomic E-state index is 0.696. The molecule has 102 valence electrons. The van der Waals surface area contributed by atoms with Crippen molar-refractivity contribution in [3.05, 3.63) is 36.7 Å². The first-order chi connectivity index (χ1) is 9.29. The van der Waals surface area contributed by atoms with E-state index in [4.69, 9.17) is 0 Å². The molecule has 2 aromatic rings. The Morgan fingerprint density at radius 3 is 2.89 bits per heavy atom. The maximum atomic E-state index is 4.18. The van der Waals surface area contributed by atoms with E-state index in [1.165, 1.54) is 0 Å². The lowest BCUT2D eigenvalue weighted by Gasteiger charge is -2.12. The molecule has 2 aromatic heterocycles. The van der Waals surface area contributed by atoms with Crippen LogP contribution < -0.4 is 10.6 Å². The van der Waals surface area contributed by atoms with Crippen molar-refractivity contribution in [2.75, 3.05) is 13.6 Å². The van der Waals surface area contributed by atoms with E-state index in [9.17, 15) is 0 Å². The molecule has 2 N–H and O–H groups in total. The number of guanidine groups is 1. The third-order valence-electron chi connectivity index (χ3n) is 2.80. The number of hydrogen-bond acceptors (Lipinski definition) is 3. The van der Waals surface area contributed by atoms with Gasteiger partial charge in [0.1, 0.15) is 0 Å². The fourth-order valence-electron chi connectivity index (χ4n) is 1.69. The summed E-state index contributed by atoms with van der Waals surface area (Å²) in [5.74, 6) is 0.779. The summed E-state index contributed by atoms with van der Waals surface area (Å²) in [7, 11) is 3.68. The van der Waals surface area contributed by atoms with Crippen LogP contribution in [0.2, 0.25) is 0 Å². The van der Waals surface area contributed by atoms with Gasteiger partial charge in [0.15, 0.2) is 5.96 Å². The van der Waals surface area contributed by atoms with Crippen molar-refractivity contribution in [3.63, 3.8) is 0 Å². The molecule has 2 rings (SSSR count). The summed E-state index contributed by atoms with van der Waals surface area (Å²) in [6.07, 6.45) is 7.29. The monoisotopic (exact) mass is 261 g/mol. The second-order valence-corrected chi connectivity index (χ2v) is 4.10. The minimum Gasteiger partial charge on any atom is -0.355 e. The van der Waals surface area contributed by atoms with Crippen LogP contribution in [0.25, 0.3) is 0 Å². The van der Waals surface area contributed by atoms with Gasteiger partial charge in [0.05, 0.1) is 18.6 Å². The molecule has 0 unspecified atom stereocenters. The molecule has 7 heteroatoms. The van der Waals surface area contributed by atoms with Gasteiger partial charge >= 0.3 is 0 Å². The molecule has 0 amide bonds. The van der Waals surface area contributed by atoms with E-state index in [1.807, 2.05) is 28.6 Å². The lowest BCUT2D eigenvalue weighted by Crippen LogP contribution is -2.38. The Hall–Kier alpha value is -2.31. The Labute approximate surface area is 112 Å². The van der Waals surface area contributed by atoms with Gasteiger partial charge in [0.25, 0.3) is 0 Å². The maximum Gasteiger partial charge on any atom is 0.191 e. The quantitative estimate of drug-likeness (QED) is 0.586. The molecule has 0 aromatic carbocycles. The molecule has 0 saturated carbocycles. The van der Waals surface area contributed by atoms with E-state index < -0.39 is 0 Å². The zero-order chi connectivity index (χ0) is 13.5. The molecule has 0 atom stereocenters. The van der Waals surface area contributed by atoms with Crippen molar-refractivity contribution >= 4 is 5.96 Å². The highest BCUT2D eigenvalue weighted by atomic mass is 15.3. The van der Waals surface area contributed by atoms with Crippen LogP contribution in [0.1, 0.15) is 5.69 Å². The van der Waals surface area contributed by atoms with Crippen molar-refractivity contribution in [1.82, 2.24) is 30.0 Å². The standard InChI is InChI=1S/C12H19N7/c1-13-12(15-6-8-19-7-5-14-10-19)16-9-11-3-4-17-18(11)2/h3-5,7,10H,6,8-9H2,1-2H3,(H2,13,15,16). The Balaban J connectivity index is 1.73. The summed E-state index contributed by atoms with van der Waals surface area (Å²) in [5, 5.41) is 10.6. The zero-order valence-electron chi connectivity index (χ0n) is 11.2. The molecule has 0 spiro atoms. The molecule has 0 fully saturated rings. The van der Waals surface area contributed by atoms with Gasteiger partial charge in [-0.15, -0.1) is 0 Å². The average molecular weight is 261 g/mol. The molecule has 0 aliphatic heterocycles. The average Bonchev–Trinajstić information content (AvgIpc) is 3.05. The van der Waals surface area contributed by atoms with Crippen LogP contribution in [-0.2, 0) is 20.1 Å². The summed E-state index contributed by atoms with van der Waals surface area (Å²) in [6, 6.07) is 1.98. The number of imidazole rings is 1. The van der Waals surface area contributed by atoms with E-state index >= 15 is 0 Å². The minimum absolute atomic E-state index is 0.696. The second-order valence-electron chi connectivity index (χ2n) is 4.10. The molecule has 7 nitrogen and oxygen atoms in total. The van der Waals surface area contributed by atoms with Crippen molar-refractivity contribution in [2.24, 2.45) is 12.0 Å². The van der Waals surface area contributed by atoms with Gasteiger partial charge in [0, 0.05) is 45.8 Å². The molecule has 0 bridgehead atoms. The lowest BCUT2D eigenvalue weighted by atomic mass is 10.4. The molecule has 0 saturated heterocycles. The van der Waals surface area contributed by atoms with Crippen molar-refractivity contribution in [1.29, 1.82) is 0 Å². The van der Waals surface area contributed by atoms with E-state index in [0.717, 1.165) is 24.7 Å². The summed E-state index contributed by atoms with van der Waals surface area (Å²) in [6.45, 7) is 2.34. The van der Waals surface area contributed by atoms with Gasteiger partial charge in [-0.05, 0) is 6.07 Å². The number of aryl methyl sites for hydroxylation is 1. The summed E-state index contributed by atoms with van der Waals surface area (Å²) in [4.78, 5) is 8.18. The molecule has 0 aliphatic rings. The molecular weight excluding hydrogens is 242 g/mol. The number of aromatic nitrogens is 4. The van der Waals surface area contributed by atoms with E-state index in [2.05, 4.69) is 25.7 Å². The van der Waals surface area contributed by atoms with Crippen LogP contribution in [0.15, 0.2) is 36.0 Å². The van der Waals surface area contributed by atoms with Crippen LogP contribution in [0.5, 0.6) is 0 Å². The number of nitrogens with zero attached hydrogens (tertiary/aromatic N) is 5. The van der Waals surface area contributed by atoms with Crippen LogP contribution in [0.3, 0.4) is 0 Å². The topological polar surface area (TPSA) is 72.1 Å². The zero-order valence-corrected chi connectivity index (χ0v) is 11.2. The third kappa shape index (κ3) is 3.84. The Bertz CT molecular complexity index is 512. The number of rotatable bonds is 5. The van der Waals surface area contributed by atoms with Gasteiger partial charge in [0.2, 0.25) is 0 Å². The number of nitrogens with one attached hydrogen (secondary N) is 2. The van der Waals surface area contributed by atoms with E-state index in [1.54, 1.807) is 25.8 Å². The van der Waals surface area contributed by atoms with Crippen molar-refractivity contribution < 1.29 is 0 Å².